The van der Waals surface area contributed by atoms with E-state index in [1.807, 2.05) is 13.8 Å². The first-order chi connectivity index (χ1) is 4.17. The van der Waals surface area contributed by atoms with Gasteiger partial charge in [-0.15, -0.1) is 0 Å². The molecule has 0 aromatic rings. The van der Waals surface area contributed by atoms with E-state index < -0.39 is 6.10 Å². The summed E-state index contributed by atoms with van der Waals surface area (Å²) < 4.78 is 4.86. The van der Waals surface area contributed by atoms with Crippen molar-refractivity contribution in [3.63, 3.8) is 0 Å². The Labute approximate surface area is 53.7 Å². The summed E-state index contributed by atoms with van der Waals surface area (Å²) in [7, 11) is 0. The number of nitrogens with zero attached hydrogens (tertiary/aromatic N) is 1. The van der Waals surface area contributed by atoms with Crippen LogP contribution in [0.4, 0.5) is 0 Å². The Balaban J connectivity index is 2.71. The van der Waals surface area contributed by atoms with Crippen LogP contribution in [0.15, 0.2) is 4.99 Å². The average molecular weight is 127 g/mol. The summed E-state index contributed by atoms with van der Waals surface area (Å²) in [6.07, 6.45) is 1.71. The minimum absolute atomic E-state index is 0.359. The summed E-state index contributed by atoms with van der Waals surface area (Å²) in [6, 6.07) is 0. The first-order valence-corrected chi connectivity index (χ1v) is 2.81. The molecule has 0 bridgehead atoms. The van der Waals surface area contributed by atoms with Crippen molar-refractivity contribution in [2.45, 2.75) is 25.5 Å². The zero-order valence-corrected chi connectivity index (χ0v) is 5.50. The SMILES string of the molecule is CC1(C)N=COC1C=O. The fourth-order valence-corrected chi connectivity index (χ4v) is 0.670. The van der Waals surface area contributed by atoms with E-state index in [1.54, 1.807) is 0 Å². The molecule has 0 aliphatic carbocycles. The standard InChI is InChI=1S/C6H9NO2/c1-6(2)5(3-8)9-4-7-6/h3-5H,1-2H3. The molecule has 0 spiro atoms. The summed E-state index contributed by atoms with van der Waals surface area (Å²) in [5, 5.41) is 0. The van der Waals surface area contributed by atoms with Gasteiger partial charge in [-0.1, -0.05) is 0 Å². The normalized spacial score (nSPS) is 29.8. The van der Waals surface area contributed by atoms with Crippen LogP contribution in [0.25, 0.3) is 0 Å². The van der Waals surface area contributed by atoms with E-state index in [0.717, 1.165) is 6.29 Å². The van der Waals surface area contributed by atoms with Crippen LogP contribution in [0.3, 0.4) is 0 Å². The van der Waals surface area contributed by atoms with E-state index in [4.69, 9.17) is 4.74 Å². The Hall–Kier alpha value is -0.860. The van der Waals surface area contributed by atoms with Gasteiger partial charge in [-0.05, 0) is 13.8 Å². The van der Waals surface area contributed by atoms with Crippen molar-refractivity contribution >= 4 is 12.7 Å². The van der Waals surface area contributed by atoms with E-state index in [9.17, 15) is 4.79 Å². The molecule has 50 valence electrons. The van der Waals surface area contributed by atoms with Gasteiger partial charge in [0, 0.05) is 0 Å². The molecule has 0 aromatic heterocycles. The van der Waals surface area contributed by atoms with E-state index in [-0.39, 0.29) is 5.54 Å². The predicted molar refractivity (Wildman–Crippen MR) is 33.5 cm³/mol. The van der Waals surface area contributed by atoms with Crippen molar-refractivity contribution in [1.82, 2.24) is 0 Å². The molecule has 0 radical (unpaired) electrons. The van der Waals surface area contributed by atoms with Crippen molar-refractivity contribution in [2.24, 2.45) is 4.99 Å². The van der Waals surface area contributed by atoms with E-state index in [0.29, 0.717) is 0 Å². The highest BCUT2D eigenvalue weighted by atomic mass is 16.5. The molecule has 0 amide bonds. The molecule has 0 N–H and O–H groups in total. The molecule has 1 aliphatic heterocycles. The van der Waals surface area contributed by atoms with Gasteiger partial charge in [-0.2, -0.15) is 0 Å². The van der Waals surface area contributed by atoms with Crippen molar-refractivity contribution < 1.29 is 9.53 Å². The molecule has 1 aliphatic rings. The lowest BCUT2D eigenvalue weighted by Gasteiger charge is -2.16. The minimum atomic E-state index is -0.391. The van der Waals surface area contributed by atoms with Crippen molar-refractivity contribution in [2.75, 3.05) is 0 Å². The fourth-order valence-electron chi connectivity index (χ4n) is 0.670. The second-order valence-electron chi connectivity index (χ2n) is 2.58. The summed E-state index contributed by atoms with van der Waals surface area (Å²) in [5.74, 6) is 0. The first kappa shape index (κ1) is 6.26. The second-order valence-corrected chi connectivity index (χ2v) is 2.58. The van der Waals surface area contributed by atoms with Crippen molar-refractivity contribution in [3.8, 4) is 0 Å². The van der Waals surface area contributed by atoms with Crippen LogP contribution in [0.1, 0.15) is 13.8 Å². The van der Waals surface area contributed by atoms with Gasteiger partial charge in [0.05, 0.1) is 0 Å². The summed E-state index contributed by atoms with van der Waals surface area (Å²) in [6.45, 7) is 3.71. The van der Waals surface area contributed by atoms with Crippen LogP contribution in [0.5, 0.6) is 0 Å². The highest BCUT2D eigenvalue weighted by molar-refractivity contribution is 5.66. The zero-order valence-electron chi connectivity index (χ0n) is 5.50. The van der Waals surface area contributed by atoms with E-state index in [1.165, 1.54) is 6.40 Å². The molecule has 1 rings (SSSR count). The van der Waals surface area contributed by atoms with Crippen molar-refractivity contribution in [3.05, 3.63) is 0 Å². The van der Waals surface area contributed by atoms with Gasteiger partial charge in [0.25, 0.3) is 0 Å². The van der Waals surface area contributed by atoms with Gasteiger partial charge in [0.15, 0.2) is 18.8 Å². The number of rotatable bonds is 1. The van der Waals surface area contributed by atoms with Crippen LogP contribution in [-0.4, -0.2) is 24.3 Å². The summed E-state index contributed by atoms with van der Waals surface area (Å²) in [4.78, 5) is 14.2. The van der Waals surface area contributed by atoms with Crippen LogP contribution in [-0.2, 0) is 9.53 Å². The maximum absolute atomic E-state index is 10.2. The molecule has 1 heterocycles. The van der Waals surface area contributed by atoms with Gasteiger partial charge in [0.2, 0.25) is 0 Å². The highest BCUT2D eigenvalue weighted by Crippen LogP contribution is 2.19. The van der Waals surface area contributed by atoms with E-state index >= 15 is 0 Å². The van der Waals surface area contributed by atoms with Gasteiger partial charge < -0.3 is 4.74 Å². The average Bonchev–Trinajstić information content (AvgIpc) is 2.08. The molecule has 3 heteroatoms. The molecule has 0 fully saturated rings. The van der Waals surface area contributed by atoms with Gasteiger partial charge in [-0.25, -0.2) is 4.99 Å². The van der Waals surface area contributed by atoms with Gasteiger partial charge in [0.1, 0.15) is 5.54 Å². The Morgan fingerprint density at radius 1 is 1.78 bits per heavy atom. The number of aliphatic imine (C=N–C) groups is 1. The van der Waals surface area contributed by atoms with Crippen LogP contribution in [0, 0.1) is 0 Å². The highest BCUT2D eigenvalue weighted by Gasteiger charge is 2.33. The topological polar surface area (TPSA) is 38.7 Å². The zero-order chi connectivity index (χ0) is 6.91. The summed E-state index contributed by atoms with van der Waals surface area (Å²) >= 11 is 0. The molecular formula is C6H9NO2. The molecule has 0 aromatic carbocycles. The third-order valence-corrected chi connectivity index (χ3v) is 1.41. The monoisotopic (exact) mass is 127 g/mol. The predicted octanol–water partition coefficient (Wildman–Crippen LogP) is 0.391. The molecular weight excluding hydrogens is 118 g/mol. The van der Waals surface area contributed by atoms with Crippen LogP contribution >= 0.6 is 0 Å². The molecule has 1 unspecified atom stereocenters. The maximum atomic E-state index is 10.2. The first-order valence-electron chi connectivity index (χ1n) is 2.81. The number of carbonyl (C=O) groups is 1. The Morgan fingerprint density at radius 2 is 2.44 bits per heavy atom. The summed E-state index contributed by atoms with van der Waals surface area (Å²) in [5.41, 5.74) is -0.359. The number of aldehydes is 1. The molecule has 0 saturated heterocycles. The lowest BCUT2D eigenvalue weighted by atomic mass is 10.0. The van der Waals surface area contributed by atoms with Crippen LogP contribution in [0.2, 0.25) is 0 Å². The fraction of sp³-hybridized carbons (Fsp3) is 0.667. The van der Waals surface area contributed by atoms with Crippen LogP contribution < -0.4 is 0 Å². The maximum Gasteiger partial charge on any atom is 0.179 e. The number of hydrogen-bond donors (Lipinski definition) is 0. The quantitative estimate of drug-likeness (QED) is 0.478. The Bertz CT molecular complexity index is 151. The molecule has 9 heavy (non-hydrogen) atoms. The second kappa shape index (κ2) is 1.83. The Morgan fingerprint density at radius 3 is 2.67 bits per heavy atom. The molecule has 3 nitrogen and oxygen atoms in total. The smallest absolute Gasteiger partial charge is 0.179 e. The molecule has 0 saturated carbocycles. The van der Waals surface area contributed by atoms with Crippen molar-refractivity contribution in [1.29, 1.82) is 0 Å². The number of carbonyl (C=O) groups excluding carboxylic acids is 1. The third-order valence-electron chi connectivity index (χ3n) is 1.41. The largest absolute Gasteiger partial charge is 0.470 e. The Kier molecular flexibility index (Phi) is 1.27. The number of ether oxygens (including phenoxy) is 1. The van der Waals surface area contributed by atoms with E-state index in [2.05, 4.69) is 4.99 Å². The lowest BCUT2D eigenvalue weighted by molar-refractivity contribution is -0.115. The van der Waals surface area contributed by atoms with Gasteiger partial charge in [-0.3, -0.25) is 4.79 Å². The minimum Gasteiger partial charge on any atom is -0.470 e. The number of hydrogen-bond acceptors (Lipinski definition) is 3. The third kappa shape index (κ3) is 0.943. The lowest BCUT2D eigenvalue weighted by Crippen LogP contribution is -2.32. The molecule has 1 atom stereocenters. The van der Waals surface area contributed by atoms with Gasteiger partial charge >= 0.3 is 0 Å².